The first kappa shape index (κ1) is 56.5. The number of rotatable bonds is 13. The Hall–Kier alpha value is -3.81. The van der Waals surface area contributed by atoms with Gasteiger partial charge in [-0.15, -0.1) is 0 Å². The van der Waals surface area contributed by atoms with Gasteiger partial charge in [0, 0.05) is 20.1 Å². The molecule has 2 aliphatic heterocycles. The molecule has 13 atom stereocenters. The summed E-state index contributed by atoms with van der Waals surface area (Å²) in [6, 6.07) is -4.82. The number of nitrogens with two attached hydrogens (primary N) is 1. The summed E-state index contributed by atoms with van der Waals surface area (Å²) >= 11 is 0. The monoisotopic (exact) mass is 951 g/mol. The molecule has 2 saturated heterocycles. The SMILES string of the molecule is CN(C(=O)OC(C)(C)C)[C@@H]1[C@@H](O)[C@@H](O[C@@H]2[C@@H](O)[C@H](O[C@H]3O[C@H](CN)CC[C@H]3NC(=O)OC(C)(C)C)[C@@H](NC(=O)OC(C)(C)C)C[C@H]2NC(=O)[C@@H](O)CCNC(=O)OC(C)(C)C)OC[C@]1(C)O. The molecule has 0 aromatic heterocycles. The van der Waals surface area contributed by atoms with E-state index in [0.29, 0.717) is 12.8 Å². The average molecular weight is 951 g/mol. The van der Waals surface area contributed by atoms with Crippen molar-refractivity contribution in [2.45, 2.75) is 217 Å². The van der Waals surface area contributed by atoms with E-state index in [4.69, 9.17) is 43.6 Å². The van der Waals surface area contributed by atoms with Gasteiger partial charge in [0.2, 0.25) is 5.91 Å². The van der Waals surface area contributed by atoms with Gasteiger partial charge < -0.3 is 90.2 Å². The molecular weight excluding hydrogens is 872 g/mol. The Kier molecular flexibility index (Phi) is 19.3. The number of alkyl carbamates (subject to hydrolysis) is 3. The average Bonchev–Trinajstić information content (AvgIpc) is 3.12. The van der Waals surface area contributed by atoms with Gasteiger partial charge in [-0.2, -0.15) is 0 Å². The molecule has 2 heterocycles. The molecule has 23 heteroatoms. The predicted octanol–water partition coefficient (Wildman–Crippen LogP) is 1.24. The highest BCUT2D eigenvalue weighted by atomic mass is 16.7. The fraction of sp³-hybridized carbons (Fsp3) is 0.884. The highest BCUT2D eigenvalue weighted by Crippen LogP contribution is 2.35. The van der Waals surface area contributed by atoms with Crippen molar-refractivity contribution >= 4 is 30.3 Å². The molecule has 0 spiro atoms. The van der Waals surface area contributed by atoms with Crippen LogP contribution in [0.5, 0.6) is 0 Å². The number of carbonyl (C=O) groups excluding carboxylic acids is 5. The van der Waals surface area contributed by atoms with Crippen molar-refractivity contribution in [2.75, 3.05) is 26.7 Å². The lowest BCUT2D eigenvalue weighted by Gasteiger charge is -2.51. The predicted molar refractivity (Wildman–Crippen MR) is 235 cm³/mol. The van der Waals surface area contributed by atoms with Crippen molar-refractivity contribution in [3.05, 3.63) is 0 Å². The van der Waals surface area contributed by atoms with E-state index in [1.807, 2.05) is 0 Å². The second-order valence-electron chi connectivity index (χ2n) is 21.3. The molecule has 23 nitrogen and oxygen atoms in total. The van der Waals surface area contributed by atoms with Gasteiger partial charge in [-0.05, 0) is 116 Å². The van der Waals surface area contributed by atoms with E-state index in [2.05, 4.69) is 21.3 Å². The maximum Gasteiger partial charge on any atom is 0.410 e. The quantitative estimate of drug-likeness (QED) is 0.117. The lowest BCUT2D eigenvalue weighted by molar-refractivity contribution is -0.314. The van der Waals surface area contributed by atoms with Crippen molar-refractivity contribution in [1.82, 2.24) is 26.2 Å². The molecule has 382 valence electrons. The largest absolute Gasteiger partial charge is 0.444 e. The zero-order chi connectivity index (χ0) is 50.3. The summed E-state index contributed by atoms with van der Waals surface area (Å²) in [6.45, 7) is 20.7. The summed E-state index contributed by atoms with van der Waals surface area (Å²) in [4.78, 5) is 66.7. The van der Waals surface area contributed by atoms with Crippen LogP contribution in [0.1, 0.15) is 116 Å². The van der Waals surface area contributed by atoms with Crippen LogP contribution in [0, 0.1) is 0 Å². The minimum absolute atomic E-state index is 0.0703. The van der Waals surface area contributed by atoms with Crippen molar-refractivity contribution < 1.29 is 82.3 Å². The standard InChI is InChI=1S/C43H78N6O17/c1-39(2,3)63-35(54)45-18-17-26(50)32(53)46-24-19-25(48-37(56)65-41(7,8)9)30(61-33-23(16-15-22(20-44)60-33)47-36(55)64-40(4,5)6)27(51)29(24)62-34-28(52)31(43(13,58)21-59-34)49(14)38(57)66-42(10,11)12/h22-31,33-34,50-52,58H,15-21,44H2,1-14H3,(H,45,54)(H,46,53)(H,47,55)(H,48,56)/t22-,23+,24+,25-,26-,27+,28+,29-,30+,31+,33+,34+,43-/m0/s1. The zero-order valence-electron chi connectivity index (χ0n) is 41.0. The van der Waals surface area contributed by atoms with E-state index in [1.165, 1.54) is 14.0 Å². The van der Waals surface area contributed by atoms with Gasteiger partial charge in [-0.25, -0.2) is 19.2 Å². The van der Waals surface area contributed by atoms with Crippen LogP contribution in [-0.2, 0) is 42.7 Å². The lowest BCUT2D eigenvalue weighted by Crippen LogP contribution is -2.71. The fourth-order valence-corrected chi connectivity index (χ4v) is 7.56. The summed E-state index contributed by atoms with van der Waals surface area (Å²) in [6.07, 6.45) is -15.3. The molecule has 3 aliphatic rings. The van der Waals surface area contributed by atoms with E-state index in [0.717, 1.165) is 4.90 Å². The van der Waals surface area contributed by atoms with Crippen LogP contribution in [0.4, 0.5) is 19.2 Å². The van der Waals surface area contributed by atoms with Crippen LogP contribution in [0.25, 0.3) is 0 Å². The first-order chi connectivity index (χ1) is 30.1. The van der Waals surface area contributed by atoms with Gasteiger partial charge in [0.1, 0.15) is 58.5 Å². The van der Waals surface area contributed by atoms with Crippen LogP contribution in [0.15, 0.2) is 0 Å². The fourth-order valence-electron chi connectivity index (χ4n) is 7.56. The third-order valence-corrected chi connectivity index (χ3v) is 10.3. The van der Waals surface area contributed by atoms with Gasteiger partial charge in [0.15, 0.2) is 12.6 Å². The van der Waals surface area contributed by atoms with E-state index < -0.39 is 138 Å². The van der Waals surface area contributed by atoms with Gasteiger partial charge >= 0.3 is 24.4 Å². The lowest BCUT2D eigenvalue weighted by atomic mass is 9.82. The maximum atomic E-state index is 13.7. The van der Waals surface area contributed by atoms with E-state index in [9.17, 15) is 44.4 Å². The van der Waals surface area contributed by atoms with E-state index >= 15 is 0 Å². The summed E-state index contributed by atoms with van der Waals surface area (Å²) in [5.41, 5.74) is 0.557. The van der Waals surface area contributed by atoms with E-state index in [1.54, 1.807) is 83.1 Å². The van der Waals surface area contributed by atoms with Gasteiger partial charge in [0.25, 0.3) is 0 Å². The Morgan fingerprint density at radius 2 is 1.21 bits per heavy atom. The normalized spacial score (nSPS) is 31.3. The molecule has 3 rings (SSSR count). The number of nitrogens with one attached hydrogen (secondary N) is 4. The molecule has 0 unspecified atom stereocenters. The van der Waals surface area contributed by atoms with Crippen molar-refractivity contribution in [3.63, 3.8) is 0 Å². The molecule has 1 aliphatic carbocycles. The third-order valence-electron chi connectivity index (χ3n) is 10.3. The minimum atomic E-state index is -1.86. The van der Waals surface area contributed by atoms with Gasteiger partial charge in [-0.3, -0.25) is 4.79 Å². The molecule has 3 fully saturated rings. The number of likely N-dealkylation sites (N-methyl/N-ethyl adjacent to an activating group) is 1. The van der Waals surface area contributed by atoms with Crippen LogP contribution >= 0.6 is 0 Å². The number of nitrogens with zero attached hydrogens (tertiary/aromatic N) is 1. The number of ether oxygens (including phenoxy) is 8. The highest BCUT2D eigenvalue weighted by Gasteiger charge is 2.55. The van der Waals surface area contributed by atoms with Crippen molar-refractivity contribution in [1.29, 1.82) is 0 Å². The van der Waals surface area contributed by atoms with Gasteiger partial charge in [0.05, 0.1) is 36.9 Å². The molecule has 66 heavy (non-hydrogen) atoms. The number of carbonyl (C=O) groups is 5. The minimum Gasteiger partial charge on any atom is -0.444 e. The highest BCUT2D eigenvalue weighted by molar-refractivity contribution is 5.81. The molecule has 0 bridgehead atoms. The Morgan fingerprint density at radius 3 is 1.73 bits per heavy atom. The molecule has 10 N–H and O–H groups in total. The Balaban J connectivity index is 2.07. The number of aliphatic hydroxyl groups excluding tert-OH is 3. The number of aliphatic hydroxyl groups is 4. The molecule has 1 saturated carbocycles. The topological polar surface area (TPSA) is 317 Å². The summed E-state index contributed by atoms with van der Waals surface area (Å²) in [5.74, 6) is -0.971. The van der Waals surface area contributed by atoms with Crippen molar-refractivity contribution in [2.24, 2.45) is 5.73 Å². The second kappa shape index (κ2) is 22.5. The zero-order valence-corrected chi connectivity index (χ0v) is 41.0. The molecular formula is C43H78N6O17. The first-order valence-electron chi connectivity index (χ1n) is 22.4. The second-order valence-corrected chi connectivity index (χ2v) is 21.3. The summed E-state index contributed by atoms with van der Waals surface area (Å²) < 4.78 is 46.6. The van der Waals surface area contributed by atoms with E-state index in [-0.39, 0.29) is 25.9 Å². The Labute approximate surface area is 387 Å². The number of hydrogen-bond donors (Lipinski definition) is 9. The van der Waals surface area contributed by atoms with Crippen LogP contribution < -0.4 is 27.0 Å². The maximum absolute atomic E-state index is 13.7. The summed E-state index contributed by atoms with van der Waals surface area (Å²) in [7, 11) is 1.31. The summed E-state index contributed by atoms with van der Waals surface area (Å²) in [5, 5.41) is 57.3. The first-order valence-corrected chi connectivity index (χ1v) is 22.4. The van der Waals surface area contributed by atoms with Crippen molar-refractivity contribution in [3.8, 4) is 0 Å². The Bertz CT molecular complexity index is 1640. The van der Waals surface area contributed by atoms with Crippen LogP contribution in [0.3, 0.4) is 0 Å². The Morgan fingerprint density at radius 1 is 0.727 bits per heavy atom. The molecule has 0 aromatic rings. The molecule has 0 aromatic carbocycles. The third kappa shape index (κ3) is 17.7. The van der Waals surface area contributed by atoms with Gasteiger partial charge in [-0.1, -0.05) is 0 Å². The van der Waals surface area contributed by atoms with Crippen LogP contribution in [-0.4, -0.2) is 184 Å². The molecule has 0 radical (unpaired) electrons. The van der Waals surface area contributed by atoms with Crippen LogP contribution in [0.2, 0.25) is 0 Å². The number of hydrogen-bond acceptors (Lipinski definition) is 18. The number of amides is 5. The molecule has 5 amide bonds. The smallest absolute Gasteiger partial charge is 0.410 e.